The van der Waals surface area contributed by atoms with Gasteiger partial charge in [0.15, 0.2) is 0 Å². The van der Waals surface area contributed by atoms with Gasteiger partial charge in [0, 0.05) is 6.42 Å². The molecule has 0 aromatic carbocycles. The highest BCUT2D eigenvalue weighted by atomic mass is 28.3. The number of ketones is 1. The molecule has 2 heteroatoms. The van der Waals surface area contributed by atoms with Crippen molar-refractivity contribution in [2.75, 3.05) is 0 Å². The predicted molar refractivity (Wildman–Crippen MR) is 78.6 cm³/mol. The molecule has 0 heterocycles. The number of allylic oxidation sites excluding steroid dienone is 1. The first-order valence-electron chi connectivity index (χ1n) is 6.45. The van der Waals surface area contributed by atoms with E-state index >= 15 is 0 Å². The Labute approximate surface area is 108 Å². The highest BCUT2D eigenvalue weighted by Crippen LogP contribution is 2.40. The van der Waals surface area contributed by atoms with Crippen molar-refractivity contribution in [2.24, 2.45) is 0 Å². The lowest BCUT2D eigenvalue weighted by Gasteiger charge is -2.37. The lowest BCUT2D eigenvalue weighted by atomic mass is 10.3. The Kier molecular flexibility index (Phi) is 6.48. The van der Waals surface area contributed by atoms with E-state index in [1.54, 1.807) is 6.08 Å². The molecule has 0 aliphatic rings. The lowest BCUT2D eigenvalue weighted by molar-refractivity contribution is -0.113. The Morgan fingerprint density at radius 3 is 1.82 bits per heavy atom. The van der Waals surface area contributed by atoms with E-state index in [4.69, 9.17) is 0 Å². The number of hydrogen-bond donors (Lipinski definition) is 0. The molecule has 0 saturated heterocycles. The molecular formula is C15H26OSi. The molecule has 0 radical (unpaired) electrons. The Morgan fingerprint density at radius 1 is 1.12 bits per heavy atom. The van der Waals surface area contributed by atoms with Crippen molar-refractivity contribution in [3.05, 3.63) is 12.7 Å². The number of carbonyl (C=O) groups is 1. The lowest BCUT2D eigenvalue weighted by Crippen LogP contribution is -2.43. The molecule has 0 aromatic rings. The fourth-order valence-corrected chi connectivity index (χ4v) is 8.02. The molecule has 0 rings (SSSR count). The number of Topliss-reactive ketones (excluding diaryl/α,β-unsaturated/α-hetero) is 1. The summed E-state index contributed by atoms with van der Waals surface area (Å²) in [5, 5.41) is 0. The smallest absolute Gasteiger partial charge is 0.208 e. The SMILES string of the molecule is C=CCC(=O)C#C[Si](C(C)C)(C(C)C)C(C)C. The van der Waals surface area contributed by atoms with Gasteiger partial charge < -0.3 is 0 Å². The van der Waals surface area contributed by atoms with Crippen LogP contribution in [0, 0.1) is 11.5 Å². The molecule has 1 nitrogen and oxygen atoms in total. The van der Waals surface area contributed by atoms with Gasteiger partial charge in [-0.15, -0.1) is 12.1 Å². The average molecular weight is 250 g/mol. The van der Waals surface area contributed by atoms with Gasteiger partial charge in [0.1, 0.15) is 8.07 Å². The molecule has 0 aromatic heterocycles. The van der Waals surface area contributed by atoms with E-state index in [-0.39, 0.29) is 5.78 Å². The van der Waals surface area contributed by atoms with Crippen LogP contribution in [0.25, 0.3) is 0 Å². The first-order chi connectivity index (χ1) is 7.78. The molecule has 96 valence electrons. The summed E-state index contributed by atoms with van der Waals surface area (Å²) in [5.41, 5.74) is 5.13. The molecule has 0 fully saturated rings. The number of rotatable bonds is 5. The molecular weight excluding hydrogens is 224 g/mol. The maximum absolute atomic E-state index is 11.5. The minimum atomic E-state index is -1.74. The van der Waals surface area contributed by atoms with E-state index in [9.17, 15) is 4.79 Å². The third kappa shape index (κ3) is 3.85. The molecule has 0 N–H and O–H groups in total. The molecule has 17 heavy (non-hydrogen) atoms. The summed E-state index contributed by atoms with van der Waals surface area (Å²) in [6.45, 7) is 17.1. The quantitative estimate of drug-likeness (QED) is 0.403. The van der Waals surface area contributed by atoms with E-state index in [2.05, 4.69) is 59.6 Å². The van der Waals surface area contributed by atoms with Crippen molar-refractivity contribution in [3.63, 3.8) is 0 Å². The number of hydrogen-bond acceptors (Lipinski definition) is 1. The third-order valence-corrected chi connectivity index (χ3v) is 9.90. The first-order valence-corrected chi connectivity index (χ1v) is 8.69. The highest BCUT2D eigenvalue weighted by molar-refractivity contribution is 6.90. The van der Waals surface area contributed by atoms with Gasteiger partial charge in [-0.1, -0.05) is 47.6 Å². The van der Waals surface area contributed by atoms with Gasteiger partial charge in [-0.05, 0) is 22.5 Å². The molecule has 0 bridgehead atoms. The predicted octanol–water partition coefficient (Wildman–Crippen LogP) is 4.35. The molecule has 0 unspecified atom stereocenters. The van der Waals surface area contributed by atoms with Crippen molar-refractivity contribution in [2.45, 2.75) is 64.6 Å². The van der Waals surface area contributed by atoms with Gasteiger partial charge in [0.25, 0.3) is 0 Å². The van der Waals surface area contributed by atoms with Crippen LogP contribution >= 0.6 is 0 Å². The van der Waals surface area contributed by atoms with Crippen LogP contribution in [0.1, 0.15) is 48.0 Å². The van der Waals surface area contributed by atoms with Crippen LogP contribution in [0.4, 0.5) is 0 Å². The van der Waals surface area contributed by atoms with Crippen LogP contribution in [0.15, 0.2) is 12.7 Å². The molecule has 0 atom stereocenters. The van der Waals surface area contributed by atoms with Gasteiger partial charge >= 0.3 is 0 Å². The summed E-state index contributed by atoms with van der Waals surface area (Å²) in [5.74, 6) is 2.87. The van der Waals surface area contributed by atoms with Crippen molar-refractivity contribution in [3.8, 4) is 11.5 Å². The van der Waals surface area contributed by atoms with E-state index < -0.39 is 8.07 Å². The average Bonchev–Trinajstić information content (AvgIpc) is 2.17. The topological polar surface area (TPSA) is 17.1 Å². The second-order valence-corrected chi connectivity index (χ2v) is 11.1. The summed E-state index contributed by atoms with van der Waals surface area (Å²) in [6.07, 6.45) is 1.99. The Morgan fingerprint density at radius 2 is 1.53 bits per heavy atom. The molecule has 0 spiro atoms. The number of carbonyl (C=O) groups excluding carboxylic acids is 1. The molecule has 0 saturated carbocycles. The molecule has 0 aliphatic heterocycles. The Hall–Kier alpha value is -0.813. The van der Waals surface area contributed by atoms with E-state index in [0.29, 0.717) is 23.0 Å². The van der Waals surface area contributed by atoms with Gasteiger partial charge in [-0.25, -0.2) is 0 Å². The summed E-state index contributed by atoms with van der Waals surface area (Å²) < 4.78 is 0. The van der Waals surface area contributed by atoms with Crippen LogP contribution in [-0.4, -0.2) is 13.9 Å². The van der Waals surface area contributed by atoms with Crippen LogP contribution in [0.5, 0.6) is 0 Å². The summed E-state index contributed by atoms with van der Waals surface area (Å²) in [6, 6.07) is 0. The Bertz CT molecular complexity index is 307. The standard InChI is InChI=1S/C15H26OSi/c1-8-9-15(16)10-11-17(12(2)3,13(4)5)14(6)7/h8,12-14H,1,9H2,2-7H3. The first kappa shape index (κ1) is 16.2. The second kappa shape index (κ2) is 6.81. The summed E-state index contributed by atoms with van der Waals surface area (Å²) in [4.78, 5) is 11.5. The summed E-state index contributed by atoms with van der Waals surface area (Å²) in [7, 11) is -1.74. The summed E-state index contributed by atoms with van der Waals surface area (Å²) >= 11 is 0. The van der Waals surface area contributed by atoms with E-state index in [1.807, 2.05) is 0 Å². The zero-order chi connectivity index (χ0) is 13.6. The Balaban J connectivity index is 5.32. The van der Waals surface area contributed by atoms with Gasteiger partial charge in [-0.2, -0.15) is 0 Å². The van der Waals surface area contributed by atoms with Crippen molar-refractivity contribution >= 4 is 13.9 Å². The zero-order valence-electron chi connectivity index (χ0n) is 12.1. The van der Waals surface area contributed by atoms with Crippen LogP contribution in [0.3, 0.4) is 0 Å². The van der Waals surface area contributed by atoms with Gasteiger partial charge in [0.2, 0.25) is 5.78 Å². The molecule has 0 amide bonds. The van der Waals surface area contributed by atoms with Crippen molar-refractivity contribution in [1.29, 1.82) is 0 Å². The van der Waals surface area contributed by atoms with Crippen molar-refractivity contribution in [1.82, 2.24) is 0 Å². The van der Waals surface area contributed by atoms with E-state index in [1.165, 1.54) is 0 Å². The monoisotopic (exact) mass is 250 g/mol. The van der Waals surface area contributed by atoms with Crippen molar-refractivity contribution < 1.29 is 4.79 Å². The highest BCUT2D eigenvalue weighted by Gasteiger charge is 2.41. The van der Waals surface area contributed by atoms with Crippen LogP contribution in [0.2, 0.25) is 16.6 Å². The zero-order valence-corrected chi connectivity index (χ0v) is 13.1. The van der Waals surface area contributed by atoms with E-state index in [0.717, 1.165) is 0 Å². The van der Waals surface area contributed by atoms with Gasteiger partial charge in [-0.3, -0.25) is 4.79 Å². The normalized spacial score (nSPS) is 11.6. The molecule has 0 aliphatic carbocycles. The van der Waals surface area contributed by atoms with Crippen LogP contribution < -0.4 is 0 Å². The fourth-order valence-electron chi connectivity index (χ4n) is 2.79. The maximum Gasteiger partial charge on any atom is 0.208 e. The second-order valence-electron chi connectivity index (χ2n) is 5.56. The largest absolute Gasteiger partial charge is 0.285 e. The fraction of sp³-hybridized carbons (Fsp3) is 0.667. The maximum atomic E-state index is 11.5. The van der Waals surface area contributed by atoms with Gasteiger partial charge in [0.05, 0.1) is 0 Å². The third-order valence-electron chi connectivity index (χ3n) is 3.61. The minimum absolute atomic E-state index is 0.00109. The minimum Gasteiger partial charge on any atom is -0.285 e. The van der Waals surface area contributed by atoms with Crippen LogP contribution in [-0.2, 0) is 4.79 Å².